The molecule has 2 heterocycles. The van der Waals surface area contributed by atoms with Crippen molar-refractivity contribution in [3.05, 3.63) is 170 Å². The van der Waals surface area contributed by atoms with Gasteiger partial charge in [0.2, 0.25) is 0 Å². The van der Waals surface area contributed by atoms with Gasteiger partial charge in [-0.2, -0.15) is 0 Å². The predicted octanol–water partition coefficient (Wildman–Crippen LogP) is 11.2. The fourth-order valence-corrected chi connectivity index (χ4v) is 6.93. The summed E-state index contributed by atoms with van der Waals surface area (Å²) in [5.41, 5.74) is 12.1. The molecule has 0 aliphatic heterocycles. The molecule has 0 saturated heterocycles. The van der Waals surface area contributed by atoms with E-state index < -0.39 is 0 Å². The number of fused-ring (bicyclic) bond motifs is 7. The van der Waals surface area contributed by atoms with Gasteiger partial charge in [0.25, 0.3) is 0 Å². The lowest BCUT2D eigenvalue weighted by Crippen LogP contribution is -1.95. The van der Waals surface area contributed by atoms with Gasteiger partial charge in [-0.25, -0.2) is 0 Å². The van der Waals surface area contributed by atoms with E-state index in [1.54, 1.807) is 0 Å². The monoisotopic (exact) mass is 560 g/mol. The van der Waals surface area contributed by atoms with Gasteiger partial charge in [-0.1, -0.05) is 121 Å². The average Bonchev–Trinajstić information content (AvgIpc) is 3.62. The number of aromatic nitrogens is 2. The number of benzene rings is 7. The summed E-state index contributed by atoms with van der Waals surface area (Å²) >= 11 is 0. The molecule has 0 spiro atoms. The number of rotatable bonds is 4. The van der Waals surface area contributed by atoms with Gasteiger partial charge in [0.15, 0.2) is 0 Å². The van der Waals surface area contributed by atoms with E-state index in [2.05, 4.69) is 179 Å². The third kappa shape index (κ3) is 3.75. The van der Waals surface area contributed by atoms with Crippen molar-refractivity contribution < 1.29 is 0 Å². The van der Waals surface area contributed by atoms with E-state index in [9.17, 15) is 0 Å². The van der Waals surface area contributed by atoms with Gasteiger partial charge in [-0.3, -0.25) is 0 Å². The van der Waals surface area contributed by atoms with Crippen LogP contribution in [0.25, 0.3) is 77.2 Å². The fourth-order valence-electron chi connectivity index (χ4n) is 6.93. The Bertz CT molecular complexity index is 2450. The summed E-state index contributed by atoms with van der Waals surface area (Å²) in [4.78, 5) is 0. The number of hydrogen-bond acceptors (Lipinski definition) is 0. The molecule has 0 amide bonds. The zero-order valence-electron chi connectivity index (χ0n) is 24.1. The Labute approximate surface area is 255 Å². The topological polar surface area (TPSA) is 9.86 Å². The van der Waals surface area contributed by atoms with E-state index in [0.29, 0.717) is 0 Å². The van der Waals surface area contributed by atoms with Crippen molar-refractivity contribution >= 4 is 43.6 Å². The van der Waals surface area contributed by atoms with Gasteiger partial charge in [0, 0.05) is 32.9 Å². The third-order valence-corrected chi connectivity index (χ3v) is 8.92. The molecule has 0 unspecified atom stereocenters. The molecule has 0 aliphatic carbocycles. The summed E-state index contributed by atoms with van der Waals surface area (Å²) in [6.07, 6.45) is 0. The van der Waals surface area contributed by atoms with E-state index >= 15 is 0 Å². The van der Waals surface area contributed by atoms with Crippen molar-refractivity contribution in [2.45, 2.75) is 0 Å². The van der Waals surface area contributed by atoms with Crippen molar-refractivity contribution in [3.8, 4) is 33.6 Å². The second kappa shape index (κ2) is 9.86. The van der Waals surface area contributed by atoms with Crippen LogP contribution in [-0.4, -0.2) is 9.13 Å². The summed E-state index contributed by atoms with van der Waals surface area (Å²) in [5, 5.41) is 5.04. The van der Waals surface area contributed by atoms with Crippen LogP contribution in [0.15, 0.2) is 170 Å². The van der Waals surface area contributed by atoms with Crippen LogP contribution < -0.4 is 0 Å². The van der Waals surface area contributed by atoms with Crippen LogP contribution in [0.2, 0.25) is 0 Å². The second-order valence-corrected chi connectivity index (χ2v) is 11.4. The van der Waals surface area contributed by atoms with Gasteiger partial charge in [0.1, 0.15) is 0 Å². The largest absolute Gasteiger partial charge is 0.309 e. The quantitative estimate of drug-likeness (QED) is 0.203. The first kappa shape index (κ1) is 24.7. The van der Waals surface area contributed by atoms with E-state index in [1.807, 2.05) is 0 Å². The fraction of sp³-hybridized carbons (Fsp3) is 0. The number of hydrogen-bond donors (Lipinski definition) is 0. The van der Waals surface area contributed by atoms with Crippen molar-refractivity contribution in [3.63, 3.8) is 0 Å². The first-order valence-electron chi connectivity index (χ1n) is 15.1. The second-order valence-electron chi connectivity index (χ2n) is 11.4. The lowest BCUT2D eigenvalue weighted by Gasteiger charge is -2.11. The van der Waals surface area contributed by atoms with Crippen LogP contribution in [0.1, 0.15) is 0 Å². The van der Waals surface area contributed by atoms with Gasteiger partial charge in [-0.15, -0.1) is 0 Å². The molecule has 9 rings (SSSR count). The highest BCUT2D eigenvalue weighted by molar-refractivity contribution is 6.26. The molecule has 0 radical (unpaired) electrons. The van der Waals surface area contributed by atoms with Gasteiger partial charge >= 0.3 is 0 Å². The van der Waals surface area contributed by atoms with Crippen LogP contribution in [0.3, 0.4) is 0 Å². The van der Waals surface area contributed by atoms with Crippen LogP contribution in [0.5, 0.6) is 0 Å². The Morgan fingerprint density at radius 2 is 0.818 bits per heavy atom. The van der Waals surface area contributed by atoms with Gasteiger partial charge in [-0.05, 0) is 70.8 Å². The highest BCUT2D eigenvalue weighted by Crippen LogP contribution is 2.43. The first-order chi connectivity index (χ1) is 21.8. The zero-order chi connectivity index (χ0) is 29.0. The lowest BCUT2D eigenvalue weighted by molar-refractivity contribution is 1.17. The maximum absolute atomic E-state index is 2.46. The molecular formula is C42H28N2. The summed E-state index contributed by atoms with van der Waals surface area (Å²) in [6, 6.07) is 61.4. The Morgan fingerprint density at radius 1 is 0.295 bits per heavy atom. The Kier molecular flexibility index (Phi) is 5.54. The van der Waals surface area contributed by atoms with E-state index in [4.69, 9.17) is 0 Å². The van der Waals surface area contributed by atoms with Crippen LogP contribution >= 0.6 is 0 Å². The van der Waals surface area contributed by atoms with Crippen LogP contribution in [-0.2, 0) is 0 Å². The van der Waals surface area contributed by atoms with Crippen molar-refractivity contribution in [2.24, 2.45) is 0 Å². The highest BCUT2D eigenvalue weighted by atomic mass is 15.0. The molecule has 2 aromatic heterocycles. The molecule has 0 fully saturated rings. The normalized spacial score (nSPS) is 11.6. The minimum Gasteiger partial charge on any atom is -0.309 e. The van der Waals surface area contributed by atoms with Crippen LogP contribution in [0, 0.1) is 0 Å². The standard InChI is InChI=1S/C42H28N2/c1-4-12-29(13-5-1)31-20-23-34(24-21-31)44-38-19-11-10-18-35(38)36-25-27-40-41(42(36)44)37-28-32(30-14-6-2-7-15-30)22-26-39(37)43(40)33-16-8-3-9-17-33/h1-28H. The maximum atomic E-state index is 2.46. The molecule has 0 bridgehead atoms. The van der Waals surface area contributed by atoms with Crippen LogP contribution in [0.4, 0.5) is 0 Å². The number of nitrogens with zero attached hydrogens (tertiary/aromatic N) is 2. The van der Waals surface area contributed by atoms with Gasteiger partial charge < -0.3 is 9.13 Å². The average molecular weight is 561 g/mol. The van der Waals surface area contributed by atoms with Gasteiger partial charge in [0.05, 0.1) is 22.1 Å². The lowest BCUT2D eigenvalue weighted by atomic mass is 10.0. The maximum Gasteiger partial charge on any atom is 0.0641 e. The third-order valence-electron chi connectivity index (χ3n) is 8.92. The Hall–Kier alpha value is -5.86. The first-order valence-corrected chi connectivity index (χ1v) is 15.1. The summed E-state index contributed by atoms with van der Waals surface area (Å²) < 4.78 is 4.88. The predicted molar refractivity (Wildman–Crippen MR) is 186 cm³/mol. The molecule has 0 saturated carbocycles. The highest BCUT2D eigenvalue weighted by Gasteiger charge is 2.21. The SMILES string of the molecule is c1ccc(-c2ccc(-n3c4ccccc4c4ccc5c(c6cc(-c7ccccc7)ccc6n5-c5ccccc5)c43)cc2)cc1. The molecule has 0 aliphatic rings. The van der Waals surface area contributed by atoms with E-state index in [1.165, 1.54) is 65.9 Å². The summed E-state index contributed by atoms with van der Waals surface area (Å²) in [5.74, 6) is 0. The molecule has 2 heteroatoms. The minimum atomic E-state index is 1.16. The van der Waals surface area contributed by atoms with Crippen molar-refractivity contribution in [2.75, 3.05) is 0 Å². The molecule has 206 valence electrons. The molecule has 44 heavy (non-hydrogen) atoms. The van der Waals surface area contributed by atoms with Crippen molar-refractivity contribution in [1.82, 2.24) is 9.13 Å². The molecule has 7 aromatic carbocycles. The van der Waals surface area contributed by atoms with E-state index in [-0.39, 0.29) is 0 Å². The Balaban J connectivity index is 1.41. The van der Waals surface area contributed by atoms with Crippen molar-refractivity contribution in [1.29, 1.82) is 0 Å². The summed E-state index contributed by atoms with van der Waals surface area (Å²) in [6.45, 7) is 0. The smallest absolute Gasteiger partial charge is 0.0641 e. The number of para-hydroxylation sites is 2. The molecular weight excluding hydrogens is 532 g/mol. The molecule has 2 nitrogen and oxygen atoms in total. The molecule has 9 aromatic rings. The molecule has 0 N–H and O–H groups in total. The Morgan fingerprint density at radius 3 is 1.55 bits per heavy atom. The van der Waals surface area contributed by atoms with E-state index in [0.717, 1.165) is 11.4 Å². The summed E-state index contributed by atoms with van der Waals surface area (Å²) in [7, 11) is 0. The molecule has 0 atom stereocenters. The zero-order valence-corrected chi connectivity index (χ0v) is 24.1. The minimum absolute atomic E-state index is 1.16.